The maximum atomic E-state index is 6.18. The van der Waals surface area contributed by atoms with Gasteiger partial charge in [0.15, 0.2) is 0 Å². The highest BCUT2D eigenvalue weighted by Crippen LogP contribution is 2.25. The molecule has 0 spiro atoms. The molecule has 1 atom stereocenters. The van der Waals surface area contributed by atoms with Gasteiger partial charge in [0, 0.05) is 29.7 Å². The molecule has 4 heteroatoms. The van der Waals surface area contributed by atoms with E-state index in [1.54, 1.807) is 0 Å². The van der Waals surface area contributed by atoms with Gasteiger partial charge in [0.25, 0.3) is 0 Å². The summed E-state index contributed by atoms with van der Waals surface area (Å²) >= 11 is 6.18. The highest BCUT2D eigenvalue weighted by molar-refractivity contribution is 6.30. The molecule has 21 heavy (non-hydrogen) atoms. The van der Waals surface area contributed by atoms with E-state index in [1.165, 1.54) is 16.8 Å². The molecule has 2 aromatic rings. The van der Waals surface area contributed by atoms with Crippen molar-refractivity contribution in [1.82, 2.24) is 15.1 Å². The third-order valence-corrected chi connectivity index (χ3v) is 4.00. The van der Waals surface area contributed by atoms with Crippen LogP contribution in [0.5, 0.6) is 0 Å². The molecule has 3 nitrogen and oxygen atoms in total. The number of hydrogen-bond acceptors (Lipinski definition) is 2. The Morgan fingerprint density at radius 2 is 2.00 bits per heavy atom. The molecule has 114 valence electrons. The molecule has 1 aromatic carbocycles. The van der Waals surface area contributed by atoms with E-state index >= 15 is 0 Å². The van der Waals surface area contributed by atoms with Crippen molar-refractivity contribution in [3.63, 3.8) is 0 Å². The predicted octanol–water partition coefficient (Wildman–Crippen LogP) is 4.07. The Kier molecular flexibility index (Phi) is 5.43. The van der Waals surface area contributed by atoms with Gasteiger partial charge in [-0.1, -0.05) is 24.6 Å². The summed E-state index contributed by atoms with van der Waals surface area (Å²) in [4.78, 5) is 0. The molecule has 0 fully saturated rings. The van der Waals surface area contributed by atoms with Crippen LogP contribution in [0.2, 0.25) is 5.02 Å². The van der Waals surface area contributed by atoms with Gasteiger partial charge in [0.2, 0.25) is 0 Å². The summed E-state index contributed by atoms with van der Waals surface area (Å²) < 4.78 is 2.08. The van der Waals surface area contributed by atoms with Gasteiger partial charge < -0.3 is 5.32 Å². The summed E-state index contributed by atoms with van der Waals surface area (Å²) in [7, 11) is 0. The number of aromatic nitrogens is 2. The Balaban J connectivity index is 2.32. The fourth-order valence-corrected chi connectivity index (χ4v) is 2.95. The molecule has 0 aliphatic heterocycles. The van der Waals surface area contributed by atoms with E-state index in [0.29, 0.717) is 0 Å². The van der Waals surface area contributed by atoms with E-state index < -0.39 is 0 Å². The lowest BCUT2D eigenvalue weighted by atomic mass is 9.97. The van der Waals surface area contributed by atoms with Crippen LogP contribution in [0.3, 0.4) is 0 Å². The van der Waals surface area contributed by atoms with Crippen molar-refractivity contribution in [3.05, 3.63) is 51.8 Å². The summed E-state index contributed by atoms with van der Waals surface area (Å²) in [6.07, 6.45) is 0.920. The number of rotatable bonds is 6. The van der Waals surface area contributed by atoms with E-state index in [0.717, 1.165) is 30.2 Å². The smallest absolute Gasteiger partial charge is 0.0596 e. The number of halogens is 1. The lowest BCUT2D eigenvalue weighted by molar-refractivity contribution is 0.514. The van der Waals surface area contributed by atoms with Crippen LogP contribution < -0.4 is 5.32 Å². The molecule has 1 heterocycles. The molecule has 1 unspecified atom stereocenters. The Bertz CT molecular complexity index is 604. The van der Waals surface area contributed by atoms with Crippen LogP contribution in [-0.2, 0) is 13.0 Å². The molecule has 0 radical (unpaired) electrons. The number of hydrogen-bond donors (Lipinski definition) is 1. The molecule has 0 aliphatic rings. The Morgan fingerprint density at radius 3 is 2.67 bits per heavy atom. The number of aryl methyl sites for hydroxylation is 3. The minimum Gasteiger partial charge on any atom is -0.310 e. The zero-order valence-corrected chi connectivity index (χ0v) is 14.0. The first kappa shape index (κ1) is 16.1. The SMILES string of the molecule is CCNC(Cc1cc(C)nn1CC)c1cc(Cl)ccc1C. The summed E-state index contributed by atoms with van der Waals surface area (Å²) in [5.41, 5.74) is 4.88. The third kappa shape index (κ3) is 3.86. The van der Waals surface area contributed by atoms with Gasteiger partial charge in [0.1, 0.15) is 0 Å². The second-order valence-corrected chi connectivity index (χ2v) is 5.84. The largest absolute Gasteiger partial charge is 0.310 e. The molecule has 0 saturated carbocycles. The Hall–Kier alpha value is -1.32. The summed E-state index contributed by atoms with van der Waals surface area (Å²) in [5, 5.41) is 8.91. The van der Waals surface area contributed by atoms with Gasteiger partial charge in [-0.15, -0.1) is 0 Å². The lowest BCUT2D eigenvalue weighted by Gasteiger charge is -2.21. The number of nitrogens with zero attached hydrogens (tertiary/aromatic N) is 2. The fraction of sp³-hybridized carbons (Fsp3) is 0.471. The number of likely N-dealkylation sites (N-methyl/N-ethyl adjacent to an activating group) is 1. The fourth-order valence-electron chi connectivity index (χ4n) is 2.77. The first-order valence-corrected chi connectivity index (χ1v) is 7.95. The Morgan fingerprint density at radius 1 is 1.24 bits per heavy atom. The second-order valence-electron chi connectivity index (χ2n) is 5.41. The molecule has 0 aliphatic carbocycles. The third-order valence-electron chi connectivity index (χ3n) is 3.77. The van der Waals surface area contributed by atoms with Gasteiger partial charge in [-0.2, -0.15) is 5.10 Å². The molecular weight excluding hydrogens is 282 g/mol. The van der Waals surface area contributed by atoms with E-state index in [-0.39, 0.29) is 6.04 Å². The van der Waals surface area contributed by atoms with E-state index in [9.17, 15) is 0 Å². The van der Waals surface area contributed by atoms with Crippen LogP contribution in [0, 0.1) is 13.8 Å². The molecular formula is C17H24ClN3. The maximum absolute atomic E-state index is 6.18. The second kappa shape index (κ2) is 7.10. The van der Waals surface area contributed by atoms with Crippen molar-refractivity contribution < 1.29 is 0 Å². The van der Waals surface area contributed by atoms with E-state index in [2.05, 4.69) is 54.1 Å². The van der Waals surface area contributed by atoms with Crippen molar-refractivity contribution in [2.75, 3.05) is 6.54 Å². The van der Waals surface area contributed by atoms with Gasteiger partial charge in [0.05, 0.1) is 5.69 Å². The van der Waals surface area contributed by atoms with Gasteiger partial charge in [-0.05, 0) is 56.6 Å². The van der Waals surface area contributed by atoms with Crippen LogP contribution in [0.4, 0.5) is 0 Å². The first-order chi connectivity index (χ1) is 10.0. The van der Waals surface area contributed by atoms with Gasteiger partial charge in [-0.3, -0.25) is 4.68 Å². The zero-order valence-electron chi connectivity index (χ0n) is 13.3. The summed E-state index contributed by atoms with van der Waals surface area (Å²) in [6.45, 7) is 10.3. The van der Waals surface area contributed by atoms with Gasteiger partial charge >= 0.3 is 0 Å². The summed E-state index contributed by atoms with van der Waals surface area (Å²) in [6, 6.07) is 8.54. The lowest BCUT2D eigenvalue weighted by Crippen LogP contribution is -2.24. The van der Waals surface area contributed by atoms with Crippen molar-refractivity contribution in [2.45, 2.75) is 46.7 Å². The van der Waals surface area contributed by atoms with Crippen LogP contribution >= 0.6 is 11.6 Å². The highest BCUT2D eigenvalue weighted by Gasteiger charge is 2.16. The highest BCUT2D eigenvalue weighted by atomic mass is 35.5. The van der Waals surface area contributed by atoms with Crippen molar-refractivity contribution in [3.8, 4) is 0 Å². The average Bonchev–Trinajstić information content (AvgIpc) is 2.81. The monoisotopic (exact) mass is 305 g/mol. The van der Waals surface area contributed by atoms with Gasteiger partial charge in [-0.25, -0.2) is 0 Å². The van der Waals surface area contributed by atoms with Crippen molar-refractivity contribution in [1.29, 1.82) is 0 Å². The van der Waals surface area contributed by atoms with Crippen LogP contribution in [0.25, 0.3) is 0 Å². The quantitative estimate of drug-likeness (QED) is 0.872. The predicted molar refractivity (Wildman–Crippen MR) is 88.9 cm³/mol. The van der Waals surface area contributed by atoms with Crippen molar-refractivity contribution >= 4 is 11.6 Å². The van der Waals surface area contributed by atoms with Crippen molar-refractivity contribution in [2.24, 2.45) is 0 Å². The van der Waals surface area contributed by atoms with Crippen LogP contribution in [0.15, 0.2) is 24.3 Å². The minimum absolute atomic E-state index is 0.259. The summed E-state index contributed by atoms with van der Waals surface area (Å²) in [5.74, 6) is 0. The van der Waals surface area contributed by atoms with E-state index in [4.69, 9.17) is 11.6 Å². The number of benzene rings is 1. The average molecular weight is 306 g/mol. The molecule has 1 N–H and O–H groups in total. The first-order valence-electron chi connectivity index (χ1n) is 7.57. The van der Waals surface area contributed by atoms with Crippen LogP contribution in [-0.4, -0.2) is 16.3 Å². The standard InChI is InChI=1S/C17H24ClN3/c1-5-19-17(16-10-14(18)8-7-12(16)3)11-15-9-13(4)20-21(15)6-2/h7-10,17,19H,5-6,11H2,1-4H3. The molecule has 0 bridgehead atoms. The minimum atomic E-state index is 0.259. The maximum Gasteiger partial charge on any atom is 0.0596 e. The number of nitrogens with one attached hydrogen (secondary N) is 1. The van der Waals surface area contributed by atoms with Crippen LogP contribution in [0.1, 0.15) is 42.4 Å². The molecule has 1 aromatic heterocycles. The zero-order chi connectivity index (χ0) is 15.4. The normalized spacial score (nSPS) is 12.6. The topological polar surface area (TPSA) is 29.9 Å². The van der Waals surface area contributed by atoms with E-state index in [1.807, 2.05) is 13.0 Å². The molecule has 0 amide bonds. The Labute approximate surface area is 132 Å². The molecule has 0 saturated heterocycles. The molecule has 2 rings (SSSR count).